The Morgan fingerprint density at radius 3 is 2.65 bits per heavy atom. The zero-order chi connectivity index (χ0) is 14.5. The van der Waals surface area contributed by atoms with Gasteiger partial charge in [0.05, 0.1) is 5.69 Å². The number of aromatic nitrogens is 4. The second-order valence-electron chi connectivity index (χ2n) is 4.75. The summed E-state index contributed by atoms with van der Waals surface area (Å²) in [6.07, 6.45) is 5.45. The Bertz CT molecular complexity index is 574. The molecule has 0 aliphatic rings. The molecule has 2 heterocycles. The Morgan fingerprint density at radius 1 is 1.20 bits per heavy atom. The standard InChI is InChI=1S/C15H23N5/c1-5-13-18-12(11(4)15(19-13)16-6-2)10-14-17-8-9-20(14)7-3/h8-9H,5-7,10H2,1-4H3,(H,16,18,19). The third kappa shape index (κ3) is 2.98. The topological polar surface area (TPSA) is 55.6 Å². The van der Waals surface area contributed by atoms with Crippen LogP contribution in [0, 0.1) is 6.92 Å². The van der Waals surface area contributed by atoms with E-state index in [1.54, 1.807) is 0 Å². The Labute approximate surface area is 120 Å². The van der Waals surface area contributed by atoms with Crippen LogP contribution in [0.25, 0.3) is 0 Å². The molecule has 0 radical (unpaired) electrons. The predicted molar refractivity (Wildman–Crippen MR) is 81.0 cm³/mol. The van der Waals surface area contributed by atoms with E-state index in [1.807, 2.05) is 12.4 Å². The largest absolute Gasteiger partial charge is 0.370 e. The van der Waals surface area contributed by atoms with Crippen molar-refractivity contribution in [1.82, 2.24) is 19.5 Å². The molecule has 0 unspecified atom stereocenters. The molecule has 0 saturated heterocycles. The Kier molecular flexibility index (Phi) is 4.71. The van der Waals surface area contributed by atoms with Gasteiger partial charge in [-0.05, 0) is 20.8 Å². The number of imidazole rings is 1. The second-order valence-corrected chi connectivity index (χ2v) is 4.75. The summed E-state index contributed by atoms with van der Waals surface area (Å²) in [5.74, 6) is 2.89. The molecule has 2 rings (SSSR count). The number of nitrogens with zero attached hydrogens (tertiary/aromatic N) is 4. The van der Waals surface area contributed by atoms with Gasteiger partial charge in [-0.3, -0.25) is 0 Å². The summed E-state index contributed by atoms with van der Waals surface area (Å²) in [4.78, 5) is 13.7. The van der Waals surface area contributed by atoms with Gasteiger partial charge in [-0.2, -0.15) is 0 Å². The molecule has 5 heteroatoms. The maximum Gasteiger partial charge on any atom is 0.132 e. The van der Waals surface area contributed by atoms with Gasteiger partial charge in [0.15, 0.2) is 0 Å². The lowest BCUT2D eigenvalue weighted by atomic mass is 10.1. The first kappa shape index (κ1) is 14.5. The van der Waals surface area contributed by atoms with E-state index in [-0.39, 0.29) is 0 Å². The fourth-order valence-electron chi connectivity index (χ4n) is 2.23. The normalized spacial score (nSPS) is 10.8. The minimum Gasteiger partial charge on any atom is -0.370 e. The maximum absolute atomic E-state index is 4.68. The number of hydrogen-bond donors (Lipinski definition) is 1. The molecular formula is C15H23N5. The summed E-state index contributed by atoms with van der Waals surface area (Å²) in [6, 6.07) is 0. The van der Waals surface area contributed by atoms with Crippen LogP contribution in [0.4, 0.5) is 5.82 Å². The number of anilines is 1. The van der Waals surface area contributed by atoms with E-state index < -0.39 is 0 Å². The highest BCUT2D eigenvalue weighted by molar-refractivity contribution is 5.46. The first-order chi connectivity index (χ1) is 9.69. The molecule has 0 amide bonds. The molecule has 2 aromatic rings. The van der Waals surface area contributed by atoms with Crippen molar-refractivity contribution in [1.29, 1.82) is 0 Å². The molecular weight excluding hydrogens is 250 g/mol. The molecule has 1 N–H and O–H groups in total. The monoisotopic (exact) mass is 273 g/mol. The van der Waals surface area contributed by atoms with Crippen LogP contribution in [0.3, 0.4) is 0 Å². The van der Waals surface area contributed by atoms with Crippen molar-refractivity contribution < 1.29 is 0 Å². The van der Waals surface area contributed by atoms with Crippen LogP contribution < -0.4 is 5.32 Å². The quantitative estimate of drug-likeness (QED) is 0.879. The van der Waals surface area contributed by atoms with Gasteiger partial charge in [-0.1, -0.05) is 6.92 Å². The van der Waals surface area contributed by atoms with Gasteiger partial charge in [0.1, 0.15) is 17.5 Å². The van der Waals surface area contributed by atoms with Crippen LogP contribution in [0.5, 0.6) is 0 Å². The van der Waals surface area contributed by atoms with E-state index in [9.17, 15) is 0 Å². The molecule has 108 valence electrons. The van der Waals surface area contributed by atoms with Gasteiger partial charge in [0.2, 0.25) is 0 Å². The highest BCUT2D eigenvalue weighted by atomic mass is 15.1. The first-order valence-corrected chi connectivity index (χ1v) is 7.29. The molecule has 0 spiro atoms. The van der Waals surface area contributed by atoms with E-state index in [4.69, 9.17) is 0 Å². The highest BCUT2D eigenvalue weighted by Gasteiger charge is 2.12. The highest BCUT2D eigenvalue weighted by Crippen LogP contribution is 2.18. The van der Waals surface area contributed by atoms with Crippen LogP contribution in [0.2, 0.25) is 0 Å². The molecule has 0 bridgehead atoms. The lowest BCUT2D eigenvalue weighted by Crippen LogP contribution is -2.11. The summed E-state index contributed by atoms with van der Waals surface area (Å²) >= 11 is 0. The zero-order valence-electron chi connectivity index (χ0n) is 12.8. The first-order valence-electron chi connectivity index (χ1n) is 7.29. The third-order valence-corrected chi connectivity index (χ3v) is 3.42. The van der Waals surface area contributed by atoms with E-state index in [0.29, 0.717) is 0 Å². The molecule has 5 nitrogen and oxygen atoms in total. The summed E-state index contributed by atoms with van der Waals surface area (Å²) in [6.45, 7) is 10.2. The molecule has 0 aromatic carbocycles. The summed E-state index contributed by atoms with van der Waals surface area (Å²) in [5.41, 5.74) is 2.18. The van der Waals surface area contributed by atoms with Crippen molar-refractivity contribution in [2.75, 3.05) is 11.9 Å². The molecule has 0 saturated carbocycles. The van der Waals surface area contributed by atoms with Crippen molar-refractivity contribution in [3.8, 4) is 0 Å². The summed E-state index contributed by atoms with van der Waals surface area (Å²) < 4.78 is 2.15. The molecule has 2 aromatic heterocycles. The minimum atomic E-state index is 0.751. The molecule has 20 heavy (non-hydrogen) atoms. The van der Waals surface area contributed by atoms with E-state index in [2.05, 4.69) is 52.5 Å². The summed E-state index contributed by atoms with van der Waals surface area (Å²) in [5, 5.41) is 3.32. The van der Waals surface area contributed by atoms with Gasteiger partial charge in [-0.15, -0.1) is 0 Å². The zero-order valence-corrected chi connectivity index (χ0v) is 12.8. The van der Waals surface area contributed by atoms with Gasteiger partial charge in [0.25, 0.3) is 0 Å². The lowest BCUT2D eigenvalue weighted by molar-refractivity contribution is 0.704. The van der Waals surface area contributed by atoms with Crippen LogP contribution in [-0.2, 0) is 19.4 Å². The average Bonchev–Trinajstić information content (AvgIpc) is 2.90. The van der Waals surface area contributed by atoms with E-state index >= 15 is 0 Å². The smallest absolute Gasteiger partial charge is 0.132 e. The van der Waals surface area contributed by atoms with Gasteiger partial charge < -0.3 is 9.88 Å². The maximum atomic E-state index is 4.68. The molecule has 0 aliphatic heterocycles. The van der Waals surface area contributed by atoms with Gasteiger partial charge >= 0.3 is 0 Å². The number of nitrogens with one attached hydrogen (secondary N) is 1. The minimum absolute atomic E-state index is 0.751. The van der Waals surface area contributed by atoms with E-state index in [1.165, 1.54) is 0 Å². The molecule has 0 atom stereocenters. The van der Waals surface area contributed by atoms with Crippen molar-refractivity contribution in [2.24, 2.45) is 0 Å². The van der Waals surface area contributed by atoms with Gasteiger partial charge in [0, 0.05) is 43.9 Å². The van der Waals surface area contributed by atoms with Crippen LogP contribution in [0.1, 0.15) is 43.7 Å². The van der Waals surface area contributed by atoms with E-state index in [0.717, 1.165) is 54.7 Å². The predicted octanol–water partition coefficient (Wildman–Crippen LogP) is 2.59. The number of aryl methyl sites for hydroxylation is 2. The van der Waals surface area contributed by atoms with Gasteiger partial charge in [-0.25, -0.2) is 15.0 Å². The molecule has 0 aliphatic carbocycles. The van der Waals surface area contributed by atoms with Crippen molar-refractivity contribution in [3.63, 3.8) is 0 Å². The average molecular weight is 273 g/mol. The summed E-state index contributed by atoms with van der Waals surface area (Å²) in [7, 11) is 0. The Hall–Kier alpha value is -1.91. The van der Waals surface area contributed by atoms with Crippen LogP contribution in [0.15, 0.2) is 12.4 Å². The van der Waals surface area contributed by atoms with Crippen molar-refractivity contribution in [3.05, 3.63) is 35.3 Å². The second kappa shape index (κ2) is 6.50. The van der Waals surface area contributed by atoms with Crippen LogP contribution >= 0.6 is 0 Å². The fourth-order valence-corrected chi connectivity index (χ4v) is 2.23. The fraction of sp³-hybridized carbons (Fsp3) is 0.533. The number of rotatable bonds is 6. The Balaban J connectivity index is 2.37. The SMILES string of the molecule is CCNc1nc(CC)nc(Cc2nccn2CC)c1C. The third-order valence-electron chi connectivity index (χ3n) is 3.42. The van der Waals surface area contributed by atoms with Crippen LogP contribution in [-0.4, -0.2) is 26.1 Å². The molecule has 0 fully saturated rings. The Morgan fingerprint density at radius 2 is 2.00 bits per heavy atom. The lowest BCUT2D eigenvalue weighted by Gasteiger charge is -2.13. The number of hydrogen-bond acceptors (Lipinski definition) is 4. The van der Waals surface area contributed by atoms with Crippen molar-refractivity contribution in [2.45, 2.75) is 47.1 Å². The van der Waals surface area contributed by atoms with Crippen molar-refractivity contribution >= 4 is 5.82 Å².